The van der Waals surface area contributed by atoms with Gasteiger partial charge in [0.15, 0.2) is 0 Å². The summed E-state index contributed by atoms with van der Waals surface area (Å²) in [5.74, 6) is -0.816. The number of aromatic nitrogens is 1. The number of hydrogen-bond acceptors (Lipinski definition) is 2. The van der Waals surface area contributed by atoms with Crippen molar-refractivity contribution < 1.29 is 18.0 Å². The Morgan fingerprint density at radius 3 is 2.07 bits per heavy atom. The maximum absolute atomic E-state index is 12.8. The van der Waals surface area contributed by atoms with Crippen molar-refractivity contribution in [3.63, 3.8) is 0 Å². The van der Waals surface area contributed by atoms with E-state index in [9.17, 15) is 18.0 Å². The van der Waals surface area contributed by atoms with E-state index < -0.39 is 17.8 Å². The molecule has 2 aromatic carbocycles. The molecule has 3 nitrogen and oxygen atoms in total. The molecule has 7 heteroatoms. The van der Waals surface area contributed by atoms with Crippen LogP contribution in [0.3, 0.4) is 0 Å². The van der Waals surface area contributed by atoms with Gasteiger partial charge >= 0.3 is 6.18 Å². The van der Waals surface area contributed by atoms with Crippen molar-refractivity contribution in [2.24, 2.45) is 0 Å². The zero-order chi connectivity index (χ0) is 20.1. The molecule has 1 atom stereocenters. The molecule has 28 heavy (non-hydrogen) atoms. The summed E-state index contributed by atoms with van der Waals surface area (Å²) in [5, 5.41) is 0. The first-order valence-electron chi connectivity index (χ1n) is 8.47. The molecule has 0 aliphatic heterocycles. The fourth-order valence-electron chi connectivity index (χ4n) is 2.83. The Balaban J connectivity index is 1.89. The molecule has 0 saturated heterocycles. The van der Waals surface area contributed by atoms with Crippen LogP contribution in [0.1, 0.15) is 33.1 Å². The van der Waals surface area contributed by atoms with Crippen LogP contribution in [0.15, 0.2) is 79.0 Å². The summed E-state index contributed by atoms with van der Waals surface area (Å²) in [7, 11) is 0. The molecule has 3 rings (SSSR count). The number of benzene rings is 2. The average molecular weight is 405 g/mol. The van der Waals surface area contributed by atoms with E-state index in [0.717, 1.165) is 16.0 Å². The topological polar surface area (TPSA) is 33.2 Å². The third kappa shape index (κ3) is 4.70. The third-order valence-corrected chi connectivity index (χ3v) is 4.56. The van der Waals surface area contributed by atoms with Gasteiger partial charge in [0.2, 0.25) is 0 Å². The van der Waals surface area contributed by atoms with Crippen molar-refractivity contribution in [1.82, 2.24) is 9.40 Å². The maximum Gasteiger partial charge on any atom is 0.433 e. The van der Waals surface area contributed by atoms with Crippen LogP contribution in [0.4, 0.5) is 13.2 Å². The standard InChI is InChI=1S/C21H16ClF3N2O/c22-27(20(28)16-9-5-2-6-10-16)14-18(15-7-3-1-4-8-15)17-11-12-19(26-13-17)21(23,24)25/h1-13,18H,14H2. The van der Waals surface area contributed by atoms with E-state index >= 15 is 0 Å². The molecule has 0 radical (unpaired) electrons. The second kappa shape index (κ2) is 8.44. The molecule has 0 N–H and O–H groups in total. The highest BCUT2D eigenvalue weighted by Gasteiger charge is 2.32. The molecule has 0 saturated carbocycles. The Labute approximate surface area is 165 Å². The fraction of sp³-hybridized carbons (Fsp3) is 0.143. The van der Waals surface area contributed by atoms with Gasteiger partial charge < -0.3 is 0 Å². The van der Waals surface area contributed by atoms with Gasteiger partial charge in [-0.1, -0.05) is 54.6 Å². The van der Waals surface area contributed by atoms with E-state index in [1.165, 1.54) is 12.3 Å². The first-order chi connectivity index (χ1) is 13.4. The number of hydrogen-bond donors (Lipinski definition) is 0. The summed E-state index contributed by atoms with van der Waals surface area (Å²) >= 11 is 6.25. The minimum absolute atomic E-state index is 0.0757. The van der Waals surface area contributed by atoms with E-state index in [4.69, 9.17) is 11.8 Å². The number of pyridine rings is 1. The maximum atomic E-state index is 12.8. The Kier molecular flexibility index (Phi) is 5.99. The largest absolute Gasteiger partial charge is 0.433 e. The smallest absolute Gasteiger partial charge is 0.268 e. The summed E-state index contributed by atoms with van der Waals surface area (Å²) in [5.41, 5.74) is 0.808. The second-order valence-electron chi connectivity index (χ2n) is 6.15. The lowest BCUT2D eigenvalue weighted by atomic mass is 9.92. The van der Waals surface area contributed by atoms with Crippen molar-refractivity contribution in [3.8, 4) is 0 Å². The number of alkyl halides is 3. The Morgan fingerprint density at radius 1 is 0.929 bits per heavy atom. The molecule has 1 aromatic heterocycles. The van der Waals surface area contributed by atoms with Gasteiger partial charge in [-0.2, -0.15) is 13.2 Å². The average Bonchev–Trinajstić information content (AvgIpc) is 2.72. The number of amides is 1. The van der Waals surface area contributed by atoms with Crippen LogP contribution in [0.5, 0.6) is 0 Å². The molecule has 0 aliphatic carbocycles. The van der Waals surface area contributed by atoms with Gasteiger partial charge in [-0.05, 0) is 29.3 Å². The van der Waals surface area contributed by atoms with Crippen molar-refractivity contribution in [2.75, 3.05) is 6.54 Å². The summed E-state index contributed by atoms with van der Waals surface area (Å²) in [6.07, 6.45) is -3.33. The predicted octanol–water partition coefficient (Wildman–Crippen LogP) is 5.53. The van der Waals surface area contributed by atoms with Crippen LogP contribution in [0.25, 0.3) is 0 Å². The highest BCUT2D eigenvalue weighted by molar-refractivity contribution is 6.24. The summed E-state index contributed by atoms with van der Waals surface area (Å²) < 4.78 is 39.5. The van der Waals surface area contributed by atoms with Crippen molar-refractivity contribution in [1.29, 1.82) is 0 Å². The first kappa shape index (κ1) is 19.9. The molecule has 1 unspecified atom stereocenters. The molecular formula is C21H16ClF3N2O. The van der Waals surface area contributed by atoms with Gasteiger partial charge in [-0.15, -0.1) is 0 Å². The van der Waals surface area contributed by atoms with Crippen molar-refractivity contribution >= 4 is 17.7 Å². The molecule has 1 amide bonds. The Hall–Kier alpha value is -2.86. The summed E-state index contributed by atoms with van der Waals surface area (Å²) in [6.45, 7) is 0.0757. The molecule has 0 spiro atoms. The number of rotatable bonds is 5. The zero-order valence-corrected chi connectivity index (χ0v) is 15.4. The van der Waals surface area contributed by atoms with E-state index in [0.29, 0.717) is 11.1 Å². The summed E-state index contributed by atoms with van der Waals surface area (Å²) in [6, 6.07) is 20.0. The van der Waals surface area contributed by atoms with Crippen molar-refractivity contribution in [3.05, 3.63) is 101 Å². The Morgan fingerprint density at radius 2 is 1.54 bits per heavy atom. The van der Waals surface area contributed by atoms with E-state index in [2.05, 4.69) is 4.98 Å². The minimum Gasteiger partial charge on any atom is -0.268 e. The van der Waals surface area contributed by atoms with E-state index in [1.807, 2.05) is 30.3 Å². The van der Waals surface area contributed by atoms with Gasteiger partial charge in [0, 0.05) is 36.0 Å². The van der Waals surface area contributed by atoms with Gasteiger partial charge in [0.25, 0.3) is 5.91 Å². The zero-order valence-electron chi connectivity index (χ0n) is 14.6. The quantitative estimate of drug-likeness (QED) is 0.524. The monoisotopic (exact) mass is 404 g/mol. The van der Waals surface area contributed by atoms with Crippen molar-refractivity contribution in [2.45, 2.75) is 12.1 Å². The number of carbonyl (C=O) groups is 1. The number of halogens is 4. The van der Waals surface area contributed by atoms with Crippen LogP contribution >= 0.6 is 11.8 Å². The van der Waals surface area contributed by atoms with Crippen LogP contribution in [-0.2, 0) is 6.18 Å². The molecule has 144 valence electrons. The fourth-order valence-corrected chi connectivity index (χ4v) is 3.07. The van der Waals surface area contributed by atoms with Crippen LogP contribution < -0.4 is 0 Å². The number of nitrogens with zero attached hydrogens (tertiary/aromatic N) is 2. The van der Waals surface area contributed by atoms with Crippen LogP contribution in [-0.4, -0.2) is 21.9 Å². The highest BCUT2D eigenvalue weighted by atomic mass is 35.5. The first-order valence-corrected chi connectivity index (χ1v) is 8.81. The second-order valence-corrected chi connectivity index (χ2v) is 6.56. The number of carbonyl (C=O) groups excluding carboxylic acids is 1. The van der Waals surface area contributed by atoms with E-state index in [1.54, 1.807) is 30.3 Å². The van der Waals surface area contributed by atoms with Gasteiger partial charge in [-0.25, -0.2) is 4.42 Å². The molecule has 0 aliphatic rings. The van der Waals surface area contributed by atoms with Gasteiger partial charge in [0.05, 0.1) is 0 Å². The molecule has 1 heterocycles. The lowest BCUT2D eigenvalue weighted by Gasteiger charge is -2.23. The van der Waals surface area contributed by atoms with Crippen LogP contribution in [0, 0.1) is 0 Å². The van der Waals surface area contributed by atoms with Gasteiger partial charge in [-0.3, -0.25) is 9.78 Å². The third-order valence-electron chi connectivity index (χ3n) is 4.27. The lowest BCUT2D eigenvalue weighted by molar-refractivity contribution is -0.141. The molecule has 0 fully saturated rings. The predicted molar refractivity (Wildman–Crippen MR) is 101 cm³/mol. The Bertz CT molecular complexity index is 916. The lowest BCUT2D eigenvalue weighted by Crippen LogP contribution is -2.27. The molecule has 0 bridgehead atoms. The highest BCUT2D eigenvalue weighted by Crippen LogP contribution is 2.31. The molecule has 3 aromatic rings. The van der Waals surface area contributed by atoms with Gasteiger partial charge in [0.1, 0.15) is 5.69 Å². The SMILES string of the molecule is O=C(c1ccccc1)N(Cl)CC(c1ccccc1)c1ccc(C(F)(F)F)nc1. The molecular weight excluding hydrogens is 389 g/mol. The van der Waals surface area contributed by atoms with Crippen LogP contribution in [0.2, 0.25) is 0 Å². The van der Waals surface area contributed by atoms with E-state index in [-0.39, 0.29) is 12.5 Å². The minimum atomic E-state index is -4.51. The normalized spacial score (nSPS) is 12.4. The summed E-state index contributed by atoms with van der Waals surface area (Å²) in [4.78, 5) is 16.1.